The molecule has 2 N–H and O–H groups in total. The number of rotatable bonds is 2. The fourth-order valence-electron chi connectivity index (χ4n) is 1.38. The van der Waals surface area contributed by atoms with Crippen molar-refractivity contribution >= 4 is 46.0 Å². The summed E-state index contributed by atoms with van der Waals surface area (Å²) in [5.74, 6) is -2.60. The number of carbonyl (C=O) groups excluding carboxylic acids is 1. The van der Waals surface area contributed by atoms with Crippen molar-refractivity contribution in [1.82, 2.24) is 0 Å². The van der Waals surface area contributed by atoms with Crippen LogP contribution in [0.3, 0.4) is 0 Å². The molecule has 0 spiro atoms. The molecular weight excluding hydrogens is 303 g/mol. The number of hydrogen-bond donors (Lipinski definition) is 1. The van der Waals surface area contributed by atoms with Gasteiger partial charge < -0.3 is 5.73 Å². The number of nitrogens with two attached hydrogens (primary N) is 1. The van der Waals surface area contributed by atoms with Crippen molar-refractivity contribution in [2.45, 2.75) is 0 Å². The topological polar surface area (TPSA) is 43.1 Å². The molecule has 0 bridgehead atoms. The Hall–Kier alpha value is -1.17. The van der Waals surface area contributed by atoms with Gasteiger partial charge >= 0.3 is 0 Å². The van der Waals surface area contributed by atoms with Crippen molar-refractivity contribution in [3.63, 3.8) is 0 Å². The van der Waals surface area contributed by atoms with E-state index >= 15 is 0 Å². The van der Waals surface area contributed by atoms with E-state index in [0.717, 1.165) is 17.4 Å². The lowest BCUT2D eigenvalue weighted by atomic mass is 10.0. The fraction of sp³-hybridized carbons (Fsp3) is 0. The van der Waals surface area contributed by atoms with Crippen LogP contribution in [0, 0.1) is 11.6 Å². The average molecular weight is 308 g/mol. The Morgan fingerprint density at radius 3 is 2.33 bits per heavy atom. The molecule has 2 rings (SSSR count). The first-order chi connectivity index (χ1) is 8.40. The van der Waals surface area contributed by atoms with Gasteiger partial charge in [-0.25, -0.2) is 8.78 Å². The summed E-state index contributed by atoms with van der Waals surface area (Å²) < 4.78 is 27.0. The van der Waals surface area contributed by atoms with E-state index < -0.39 is 17.4 Å². The Labute approximate surface area is 115 Å². The van der Waals surface area contributed by atoms with Gasteiger partial charge in [0.25, 0.3) is 0 Å². The lowest BCUT2D eigenvalue weighted by Crippen LogP contribution is -2.06. The van der Waals surface area contributed by atoms with Crippen molar-refractivity contribution in [2.75, 3.05) is 5.73 Å². The molecule has 0 aliphatic heterocycles. The second-order valence-corrected chi connectivity index (χ2v) is 5.71. The molecular formula is C11H5Cl2F2NOS. The molecule has 94 valence electrons. The fourth-order valence-corrected chi connectivity index (χ4v) is 2.84. The number of ketones is 1. The monoisotopic (exact) mass is 307 g/mol. The van der Waals surface area contributed by atoms with E-state index in [9.17, 15) is 13.6 Å². The van der Waals surface area contributed by atoms with Gasteiger partial charge in [0.15, 0.2) is 5.78 Å². The SMILES string of the molecule is Nc1cc(C(=O)c2cc(Cl)sc2Cl)c(F)cc1F. The van der Waals surface area contributed by atoms with Gasteiger partial charge in [0.1, 0.15) is 16.0 Å². The molecule has 0 fully saturated rings. The zero-order valence-electron chi connectivity index (χ0n) is 8.64. The standard InChI is InChI=1S/C11H5Cl2F2NOS/c12-9-2-5(11(13)18-9)10(17)4-1-8(16)7(15)3-6(4)14/h1-3H,16H2. The van der Waals surface area contributed by atoms with Gasteiger partial charge in [-0.1, -0.05) is 23.2 Å². The smallest absolute Gasteiger partial charge is 0.198 e. The second kappa shape index (κ2) is 4.84. The highest BCUT2D eigenvalue weighted by Crippen LogP contribution is 2.33. The zero-order valence-corrected chi connectivity index (χ0v) is 11.0. The molecule has 0 saturated heterocycles. The molecule has 7 heteroatoms. The summed E-state index contributed by atoms with van der Waals surface area (Å²) in [6.07, 6.45) is 0. The van der Waals surface area contributed by atoms with E-state index in [4.69, 9.17) is 28.9 Å². The van der Waals surface area contributed by atoms with Gasteiger partial charge in [-0.15, -0.1) is 11.3 Å². The van der Waals surface area contributed by atoms with Crippen LogP contribution in [0.15, 0.2) is 18.2 Å². The van der Waals surface area contributed by atoms with Crippen LogP contribution in [-0.4, -0.2) is 5.78 Å². The van der Waals surface area contributed by atoms with E-state index in [-0.39, 0.29) is 21.2 Å². The van der Waals surface area contributed by atoms with Crippen LogP contribution in [0.25, 0.3) is 0 Å². The van der Waals surface area contributed by atoms with Crippen molar-refractivity contribution in [2.24, 2.45) is 0 Å². The summed E-state index contributed by atoms with van der Waals surface area (Å²) in [4.78, 5) is 12.0. The first kappa shape index (κ1) is 13.3. The number of hydrogen-bond acceptors (Lipinski definition) is 3. The van der Waals surface area contributed by atoms with Gasteiger partial charge in [-0.2, -0.15) is 0 Å². The van der Waals surface area contributed by atoms with E-state index in [0.29, 0.717) is 10.4 Å². The molecule has 2 aromatic rings. The van der Waals surface area contributed by atoms with E-state index in [2.05, 4.69) is 0 Å². The van der Waals surface area contributed by atoms with Crippen molar-refractivity contribution in [1.29, 1.82) is 0 Å². The highest BCUT2D eigenvalue weighted by Gasteiger charge is 2.20. The third-order valence-electron chi connectivity index (χ3n) is 2.23. The summed E-state index contributed by atoms with van der Waals surface area (Å²) >= 11 is 12.5. The number of nitrogen functional groups attached to an aromatic ring is 1. The molecule has 0 aliphatic carbocycles. The van der Waals surface area contributed by atoms with Crippen LogP contribution < -0.4 is 5.73 Å². The lowest BCUT2D eigenvalue weighted by molar-refractivity contribution is 0.103. The summed E-state index contributed by atoms with van der Waals surface area (Å²) in [6.45, 7) is 0. The van der Waals surface area contributed by atoms with Gasteiger partial charge in [0.05, 0.1) is 21.2 Å². The summed E-state index contributed by atoms with van der Waals surface area (Å²) in [6, 6.07) is 2.83. The number of thiophene rings is 1. The molecule has 1 aromatic carbocycles. The quantitative estimate of drug-likeness (QED) is 0.669. The molecule has 0 atom stereocenters. The van der Waals surface area contributed by atoms with Gasteiger partial charge in [0, 0.05) is 6.07 Å². The average Bonchev–Trinajstić information content (AvgIpc) is 2.62. The lowest BCUT2D eigenvalue weighted by Gasteiger charge is -2.04. The Morgan fingerprint density at radius 2 is 1.78 bits per heavy atom. The van der Waals surface area contributed by atoms with Crippen molar-refractivity contribution < 1.29 is 13.6 Å². The van der Waals surface area contributed by atoms with E-state index in [1.54, 1.807) is 0 Å². The predicted molar refractivity (Wildman–Crippen MR) is 68.5 cm³/mol. The van der Waals surface area contributed by atoms with Crippen LogP contribution in [0.4, 0.5) is 14.5 Å². The van der Waals surface area contributed by atoms with E-state index in [1.165, 1.54) is 6.07 Å². The van der Waals surface area contributed by atoms with Crippen molar-refractivity contribution in [3.8, 4) is 0 Å². The summed E-state index contributed by atoms with van der Waals surface area (Å²) in [5.41, 5.74) is 4.71. The molecule has 0 radical (unpaired) electrons. The van der Waals surface area contributed by atoms with Crippen LogP contribution in [0.5, 0.6) is 0 Å². The maximum Gasteiger partial charge on any atom is 0.198 e. The minimum Gasteiger partial charge on any atom is -0.396 e. The molecule has 18 heavy (non-hydrogen) atoms. The zero-order chi connectivity index (χ0) is 13.4. The highest BCUT2D eigenvalue weighted by atomic mass is 35.5. The number of anilines is 1. The van der Waals surface area contributed by atoms with Gasteiger partial charge in [-0.05, 0) is 12.1 Å². The second-order valence-electron chi connectivity index (χ2n) is 3.42. The van der Waals surface area contributed by atoms with Crippen LogP contribution in [0.2, 0.25) is 8.67 Å². The van der Waals surface area contributed by atoms with E-state index in [1.807, 2.05) is 0 Å². The predicted octanol–water partition coefficient (Wildman–Crippen LogP) is 4.15. The minimum absolute atomic E-state index is 0.0663. The van der Waals surface area contributed by atoms with Crippen LogP contribution in [0.1, 0.15) is 15.9 Å². The third-order valence-corrected chi connectivity index (χ3v) is 3.72. The number of benzene rings is 1. The molecule has 0 saturated carbocycles. The largest absolute Gasteiger partial charge is 0.396 e. The Kier molecular flexibility index (Phi) is 3.56. The Morgan fingerprint density at radius 1 is 1.11 bits per heavy atom. The van der Waals surface area contributed by atoms with Crippen molar-refractivity contribution in [3.05, 3.63) is 49.6 Å². The first-order valence-electron chi connectivity index (χ1n) is 4.64. The summed E-state index contributed by atoms with van der Waals surface area (Å²) in [7, 11) is 0. The Bertz CT molecular complexity index is 642. The molecule has 1 heterocycles. The van der Waals surface area contributed by atoms with Gasteiger partial charge in [0.2, 0.25) is 0 Å². The van der Waals surface area contributed by atoms with Gasteiger partial charge in [-0.3, -0.25) is 4.79 Å². The molecule has 0 unspecified atom stereocenters. The van der Waals surface area contributed by atoms with Crippen LogP contribution >= 0.6 is 34.5 Å². The number of halogens is 4. The Balaban J connectivity index is 2.53. The molecule has 0 aliphatic rings. The normalized spacial score (nSPS) is 10.7. The molecule has 2 nitrogen and oxygen atoms in total. The van der Waals surface area contributed by atoms with Crippen LogP contribution in [-0.2, 0) is 0 Å². The third kappa shape index (κ3) is 2.34. The highest BCUT2D eigenvalue weighted by molar-refractivity contribution is 7.20. The number of carbonyl (C=O) groups is 1. The molecule has 1 aromatic heterocycles. The summed E-state index contributed by atoms with van der Waals surface area (Å²) in [5, 5.41) is 0. The maximum absolute atomic E-state index is 13.5. The maximum atomic E-state index is 13.5. The minimum atomic E-state index is -0.995. The first-order valence-corrected chi connectivity index (χ1v) is 6.21. The molecule has 0 amide bonds.